The van der Waals surface area contributed by atoms with Gasteiger partial charge in [-0.3, -0.25) is 9.69 Å². The van der Waals surface area contributed by atoms with E-state index >= 15 is 0 Å². The molecule has 2 aromatic carbocycles. The van der Waals surface area contributed by atoms with E-state index in [1.807, 2.05) is 20.8 Å². The molecule has 0 radical (unpaired) electrons. The lowest BCUT2D eigenvalue weighted by atomic mass is 10.0. The Morgan fingerprint density at radius 1 is 1.13 bits per heavy atom. The normalized spacial score (nSPS) is 16.2. The zero-order valence-corrected chi connectivity index (χ0v) is 23.2. The Morgan fingerprint density at radius 3 is 2.58 bits per heavy atom. The lowest BCUT2D eigenvalue weighted by Gasteiger charge is -2.40. The van der Waals surface area contributed by atoms with Gasteiger partial charge in [0, 0.05) is 25.7 Å². The Bertz CT molecular complexity index is 1330. The van der Waals surface area contributed by atoms with Crippen LogP contribution < -0.4 is 15.4 Å². The summed E-state index contributed by atoms with van der Waals surface area (Å²) in [4.78, 5) is 25.4. The molecule has 0 unspecified atom stereocenters. The van der Waals surface area contributed by atoms with Gasteiger partial charge in [-0.2, -0.15) is 0 Å². The van der Waals surface area contributed by atoms with E-state index in [0.29, 0.717) is 36.9 Å². The molecule has 1 atom stereocenters. The van der Waals surface area contributed by atoms with E-state index in [2.05, 4.69) is 48.8 Å². The van der Waals surface area contributed by atoms with Gasteiger partial charge in [0.25, 0.3) is 0 Å². The van der Waals surface area contributed by atoms with Gasteiger partial charge in [0.05, 0.1) is 23.4 Å². The maximum atomic E-state index is 14.8. The number of rotatable bonds is 8. The minimum atomic E-state index is -0.356. The molecule has 2 N–H and O–H groups in total. The fourth-order valence-corrected chi connectivity index (χ4v) is 4.85. The number of nitrogens with zero attached hydrogens (tertiary/aromatic N) is 4. The average Bonchev–Trinajstić information content (AvgIpc) is 2.86. The van der Waals surface area contributed by atoms with Crippen LogP contribution in [0.25, 0.3) is 11.4 Å². The third kappa shape index (κ3) is 6.13. The summed E-state index contributed by atoms with van der Waals surface area (Å²) >= 11 is 0. The zero-order chi connectivity index (χ0) is 27.6. The minimum absolute atomic E-state index is 0.0874. The van der Waals surface area contributed by atoms with Crippen molar-refractivity contribution in [1.29, 1.82) is 0 Å². The molecule has 1 saturated heterocycles. The van der Waals surface area contributed by atoms with E-state index in [-0.39, 0.29) is 30.9 Å². The van der Waals surface area contributed by atoms with Gasteiger partial charge in [0.1, 0.15) is 24.0 Å². The molecule has 0 aliphatic carbocycles. The molecule has 8 heteroatoms. The maximum absolute atomic E-state index is 14.8. The summed E-state index contributed by atoms with van der Waals surface area (Å²) in [5.41, 5.74) is 10.7. The number of primary amides is 1. The van der Waals surface area contributed by atoms with Gasteiger partial charge in [-0.05, 0) is 62.9 Å². The number of aromatic nitrogens is 2. The van der Waals surface area contributed by atoms with Gasteiger partial charge >= 0.3 is 0 Å². The minimum Gasteiger partial charge on any atom is -0.488 e. The highest BCUT2D eigenvalue weighted by Gasteiger charge is 2.28. The molecule has 202 valence electrons. The number of anilines is 1. The largest absolute Gasteiger partial charge is 0.488 e. The number of hydrogen-bond acceptors (Lipinski definition) is 6. The number of nitrogens with two attached hydrogens (primary N) is 1. The van der Waals surface area contributed by atoms with Crippen LogP contribution in [-0.4, -0.2) is 53.0 Å². The summed E-state index contributed by atoms with van der Waals surface area (Å²) in [7, 11) is 0. The summed E-state index contributed by atoms with van der Waals surface area (Å²) in [6, 6.07) is 11.4. The van der Waals surface area contributed by atoms with Crippen molar-refractivity contribution in [2.75, 3.05) is 31.1 Å². The van der Waals surface area contributed by atoms with Gasteiger partial charge in [-0.25, -0.2) is 14.4 Å². The monoisotopic (exact) mass is 519 g/mol. The molecule has 3 aromatic rings. The number of hydrogen-bond donors (Lipinski definition) is 1. The second kappa shape index (κ2) is 11.5. The van der Waals surface area contributed by atoms with Crippen molar-refractivity contribution in [3.8, 4) is 17.1 Å². The highest BCUT2D eigenvalue weighted by Crippen LogP contribution is 2.31. The highest BCUT2D eigenvalue weighted by molar-refractivity contribution is 5.76. The van der Waals surface area contributed by atoms with Crippen LogP contribution >= 0.6 is 0 Å². The van der Waals surface area contributed by atoms with Gasteiger partial charge in [0.15, 0.2) is 5.82 Å². The molecule has 2 heterocycles. The molecule has 1 fully saturated rings. The Labute approximate surface area is 224 Å². The van der Waals surface area contributed by atoms with Crippen molar-refractivity contribution < 1.29 is 13.9 Å². The average molecular weight is 520 g/mol. The molecular formula is C30H38FN5O2. The van der Waals surface area contributed by atoms with Crippen molar-refractivity contribution in [2.45, 2.75) is 60.1 Å². The van der Waals surface area contributed by atoms with E-state index in [4.69, 9.17) is 20.4 Å². The van der Waals surface area contributed by atoms with E-state index in [1.54, 1.807) is 12.1 Å². The number of aryl methyl sites for hydroxylation is 3. The van der Waals surface area contributed by atoms with Gasteiger partial charge in [-0.1, -0.05) is 37.6 Å². The molecule has 7 nitrogen and oxygen atoms in total. The Kier molecular flexibility index (Phi) is 8.31. The smallest absolute Gasteiger partial charge is 0.231 e. The number of carbonyl (C=O) groups excluding carboxylic acids is 1. The fraction of sp³-hybridized carbons (Fsp3) is 0.433. The predicted octanol–water partition coefficient (Wildman–Crippen LogP) is 4.91. The van der Waals surface area contributed by atoms with Crippen LogP contribution in [-0.2, 0) is 11.4 Å². The third-order valence-electron chi connectivity index (χ3n) is 7.23. The summed E-state index contributed by atoms with van der Waals surface area (Å²) in [6.45, 7) is 14.7. The van der Waals surface area contributed by atoms with E-state index in [1.165, 1.54) is 11.6 Å². The summed E-state index contributed by atoms with van der Waals surface area (Å²) in [6.07, 6.45) is 0. The third-order valence-corrected chi connectivity index (χ3v) is 7.23. The van der Waals surface area contributed by atoms with Crippen molar-refractivity contribution >= 4 is 11.7 Å². The van der Waals surface area contributed by atoms with Crippen LogP contribution in [0.2, 0.25) is 0 Å². The lowest BCUT2D eigenvalue weighted by Crippen LogP contribution is -2.54. The molecule has 1 aliphatic heterocycles. The second-order valence-corrected chi connectivity index (χ2v) is 10.6. The number of carbonyl (C=O) groups is 1. The number of benzene rings is 2. The number of ether oxygens (including phenoxy) is 1. The molecule has 1 aliphatic rings. The first kappa shape index (κ1) is 27.5. The van der Waals surface area contributed by atoms with Crippen molar-refractivity contribution in [3.05, 3.63) is 70.2 Å². The molecular weight excluding hydrogens is 481 g/mol. The molecule has 0 saturated carbocycles. The van der Waals surface area contributed by atoms with Gasteiger partial charge in [-0.15, -0.1) is 0 Å². The standard InChI is InChI=1S/C30H38FN5O2/c1-18(2)23-9-8-20(4)27(14-23)38-17-25-22(6)33-29(24-13-19(3)7-10-26(24)31)34-30(25)36-12-11-35(16-28(32)37)21(5)15-36/h7-10,13-14,18,21H,11-12,15-17H2,1-6H3,(H2,32,37)/t21-/m1/s1. The Balaban J connectivity index is 1.72. The lowest BCUT2D eigenvalue weighted by molar-refractivity contribution is -0.119. The summed E-state index contributed by atoms with van der Waals surface area (Å²) in [5, 5.41) is 0. The van der Waals surface area contributed by atoms with Crippen LogP contribution in [0.15, 0.2) is 36.4 Å². The van der Waals surface area contributed by atoms with Crippen LogP contribution in [0.3, 0.4) is 0 Å². The second-order valence-electron chi connectivity index (χ2n) is 10.6. The summed E-state index contributed by atoms with van der Waals surface area (Å²) in [5.74, 6) is 1.61. The maximum Gasteiger partial charge on any atom is 0.231 e. The molecule has 4 rings (SSSR count). The van der Waals surface area contributed by atoms with Crippen molar-refractivity contribution in [2.24, 2.45) is 5.73 Å². The topological polar surface area (TPSA) is 84.6 Å². The van der Waals surface area contributed by atoms with Crippen LogP contribution in [0, 0.1) is 26.6 Å². The molecule has 0 bridgehead atoms. The van der Waals surface area contributed by atoms with Crippen LogP contribution in [0.1, 0.15) is 54.6 Å². The predicted molar refractivity (Wildman–Crippen MR) is 149 cm³/mol. The van der Waals surface area contributed by atoms with Gasteiger partial charge < -0.3 is 15.4 Å². The van der Waals surface area contributed by atoms with Crippen molar-refractivity contribution in [1.82, 2.24) is 14.9 Å². The number of amides is 1. The SMILES string of the molecule is Cc1ccc(F)c(-c2nc(C)c(COc3cc(C(C)C)ccc3C)c(N3CCN(CC(N)=O)[C@H](C)C3)n2)c1. The first-order valence-corrected chi connectivity index (χ1v) is 13.2. The first-order valence-electron chi connectivity index (χ1n) is 13.2. The Morgan fingerprint density at radius 2 is 1.89 bits per heavy atom. The summed E-state index contributed by atoms with van der Waals surface area (Å²) < 4.78 is 21.2. The zero-order valence-electron chi connectivity index (χ0n) is 23.2. The fourth-order valence-electron chi connectivity index (χ4n) is 4.85. The van der Waals surface area contributed by atoms with Gasteiger partial charge in [0.2, 0.25) is 5.91 Å². The van der Waals surface area contributed by atoms with Crippen LogP contribution in [0.4, 0.5) is 10.2 Å². The van der Waals surface area contributed by atoms with E-state index in [9.17, 15) is 9.18 Å². The first-order chi connectivity index (χ1) is 18.0. The molecule has 1 amide bonds. The Hall–Kier alpha value is -3.52. The number of piperazine rings is 1. The van der Waals surface area contributed by atoms with E-state index < -0.39 is 0 Å². The number of halogens is 1. The molecule has 0 spiro atoms. The van der Waals surface area contributed by atoms with Crippen molar-refractivity contribution in [3.63, 3.8) is 0 Å². The van der Waals surface area contributed by atoms with E-state index in [0.717, 1.165) is 34.0 Å². The van der Waals surface area contributed by atoms with Crippen LogP contribution in [0.5, 0.6) is 5.75 Å². The molecule has 1 aromatic heterocycles. The highest BCUT2D eigenvalue weighted by atomic mass is 19.1. The quantitative estimate of drug-likeness (QED) is 0.455. The molecule has 38 heavy (non-hydrogen) atoms.